The molecular formula is C21H15BrN4O2. The van der Waals surface area contributed by atoms with Gasteiger partial charge in [0.05, 0.1) is 11.9 Å². The Hall–Kier alpha value is -3.45. The number of hydrogen-bond acceptors (Lipinski definition) is 4. The monoisotopic (exact) mass is 434 g/mol. The van der Waals surface area contributed by atoms with Crippen molar-refractivity contribution in [1.29, 1.82) is 0 Å². The average Bonchev–Trinajstić information content (AvgIpc) is 3.20. The fourth-order valence-electron chi connectivity index (χ4n) is 2.78. The fraction of sp³-hybridized carbons (Fsp3) is 0. The quantitative estimate of drug-likeness (QED) is 0.327. The summed E-state index contributed by atoms with van der Waals surface area (Å²) in [5, 5.41) is 22.9. The molecule has 1 aromatic heterocycles. The van der Waals surface area contributed by atoms with E-state index >= 15 is 0 Å². The van der Waals surface area contributed by atoms with Gasteiger partial charge in [-0.3, -0.25) is 9.89 Å². The zero-order valence-electron chi connectivity index (χ0n) is 14.6. The van der Waals surface area contributed by atoms with Crippen molar-refractivity contribution in [2.24, 2.45) is 5.10 Å². The molecule has 4 rings (SSSR count). The number of phenols is 1. The minimum atomic E-state index is -0.426. The number of H-pyrrole nitrogens is 1. The van der Waals surface area contributed by atoms with Crippen LogP contribution in [-0.2, 0) is 0 Å². The van der Waals surface area contributed by atoms with Gasteiger partial charge in [0.25, 0.3) is 5.91 Å². The minimum absolute atomic E-state index is 0.0707. The Morgan fingerprint density at radius 1 is 1.07 bits per heavy atom. The number of carbonyl (C=O) groups excluding carboxylic acids is 1. The number of nitrogens with zero attached hydrogens (tertiary/aromatic N) is 2. The summed E-state index contributed by atoms with van der Waals surface area (Å²) in [6.45, 7) is 0. The Kier molecular flexibility index (Phi) is 4.90. The molecule has 0 saturated heterocycles. The van der Waals surface area contributed by atoms with E-state index in [1.165, 1.54) is 12.3 Å². The van der Waals surface area contributed by atoms with Crippen molar-refractivity contribution < 1.29 is 9.90 Å². The first kappa shape index (κ1) is 17.9. The van der Waals surface area contributed by atoms with Crippen LogP contribution < -0.4 is 5.43 Å². The number of rotatable bonds is 4. The van der Waals surface area contributed by atoms with E-state index in [1.807, 2.05) is 42.5 Å². The normalized spacial score (nSPS) is 11.2. The van der Waals surface area contributed by atoms with Crippen LogP contribution in [0.2, 0.25) is 0 Å². The summed E-state index contributed by atoms with van der Waals surface area (Å²) in [4.78, 5) is 12.3. The molecule has 0 aliphatic carbocycles. The van der Waals surface area contributed by atoms with E-state index in [-0.39, 0.29) is 5.75 Å². The molecule has 28 heavy (non-hydrogen) atoms. The maximum atomic E-state index is 12.3. The van der Waals surface area contributed by atoms with E-state index in [1.54, 1.807) is 18.2 Å². The summed E-state index contributed by atoms with van der Waals surface area (Å²) in [6, 6.07) is 20.7. The predicted molar refractivity (Wildman–Crippen MR) is 112 cm³/mol. The van der Waals surface area contributed by atoms with Crippen molar-refractivity contribution in [3.63, 3.8) is 0 Å². The Balaban J connectivity index is 1.49. The fourth-order valence-corrected chi connectivity index (χ4v) is 3.16. The largest absolute Gasteiger partial charge is 0.507 e. The number of phenolic OH excluding ortho intramolecular Hbond substituents is 1. The summed E-state index contributed by atoms with van der Waals surface area (Å²) in [5.41, 5.74) is 4.78. The van der Waals surface area contributed by atoms with Gasteiger partial charge in [0.1, 0.15) is 11.4 Å². The maximum absolute atomic E-state index is 12.3. The number of fused-ring (bicyclic) bond motifs is 1. The highest BCUT2D eigenvalue weighted by Gasteiger charge is 2.11. The van der Waals surface area contributed by atoms with Crippen LogP contribution in [0.3, 0.4) is 0 Å². The van der Waals surface area contributed by atoms with Crippen molar-refractivity contribution in [1.82, 2.24) is 15.6 Å². The lowest BCUT2D eigenvalue weighted by Crippen LogP contribution is -2.18. The SMILES string of the molecule is O=C(N/N=C/c1cc(Br)ccc1O)c1cc(-c2ccc3ccccc3c2)n[nH]1. The Morgan fingerprint density at radius 2 is 1.89 bits per heavy atom. The summed E-state index contributed by atoms with van der Waals surface area (Å²) < 4.78 is 0.798. The Labute approximate surface area is 169 Å². The van der Waals surface area contributed by atoms with Gasteiger partial charge >= 0.3 is 0 Å². The highest BCUT2D eigenvalue weighted by molar-refractivity contribution is 9.10. The predicted octanol–water partition coefficient (Wildman–Crippen LogP) is 4.46. The van der Waals surface area contributed by atoms with E-state index in [0.717, 1.165) is 20.8 Å². The van der Waals surface area contributed by atoms with E-state index in [9.17, 15) is 9.90 Å². The standard InChI is InChI=1S/C21H15BrN4O2/c22-17-7-8-20(27)16(10-17)12-23-26-21(28)19-11-18(24-25-19)15-6-5-13-3-1-2-4-14(13)9-15/h1-12,27H,(H,24,25)(H,26,28)/b23-12+. The molecule has 1 amide bonds. The van der Waals surface area contributed by atoms with Gasteiger partial charge in [-0.2, -0.15) is 10.2 Å². The van der Waals surface area contributed by atoms with Crippen LogP contribution in [0.25, 0.3) is 22.0 Å². The second-order valence-corrected chi connectivity index (χ2v) is 7.05. The Morgan fingerprint density at radius 3 is 2.75 bits per heavy atom. The van der Waals surface area contributed by atoms with Gasteiger partial charge in [0, 0.05) is 15.6 Å². The molecule has 0 aliphatic heterocycles. The number of nitrogens with one attached hydrogen (secondary N) is 2. The molecule has 0 radical (unpaired) electrons. The molecular weight excluding hydrogens is 420 g/mol. The second kappa shape index (κ2) is 7.66. The summed E-state index contributed by atoms with van der Waals surface area (Å²) in [7, 11) is 0. The molecule has 138 valence electrons. The third kappa shape index (κ3) is 3.79. The number of aromatic amines is 1. The highest BCUT2D eigenvalue weighted by Crippen LogP contribution is 2.23. The van der Waals surface area contributed by atoms with E-state index < -0.39 is 5.91 Å². The molecule has 3 N–H and O–H groups in total. The second-order valence-electron chi connectivity index (χ2n) is 6.13. The number of benzene rings is 3. The number of aromatic nitrogens is 2. The number of amides is 1. The topological polar surface area (TPSA) is 90.4 Å². The van der Waals surface area contributed by atoms with Crippen molar-refractivity contribution in [3.8, 4) is 17.0 Å². The molecule has 0 spiro atoms. The first-order valence-electron chi connectivity index (χ1n) is 8.47. The van der Waals surface area contributed by atoms with Gasteiger partial charge in [0.15, 0.2) is 0 Å². The molecule has 7 heteroatoms. The first-order chi connectivity index (χ1) is 13.6. The smallest absolute Gasteiger partial charge is 0.289 e. The number of hydrazone groups is 1. The average molecular weight is 435 g/mol. The summed E-state index contributed by atoms with van der Waals surface area (Å²) in [6.07, 6.45) is 1.37. The number of hydrogen-bond donors (Lipinski definition) is 3. The molecule has 0 saturated carbocycles. The maximum Gasteiger partial charge on any atom is 0.289 e. The molecule has 4 aromatic rings. The molecule has 3 aromatic carbocycles. The van der Waals surface area contributed by atoms with E-state index in [0.29, 0.717) is 17.0 Å². The highest BCUT2D eigenvalue weighted by atomic mass is 79.9. The van der Waals surface area contributed by atoms with E-state index in [4.69, 9.17) is 0 Å². The zero-order valence-corrected chi connectivity index (χ0v) is 16.1. The van der Waals surface area contributed by atoms with Crippen LogP contribution >= 0.6 is 15.9 Å². The molecule has 0 fully saturated rings. The van der Waals surface area contributed by atoms with Crippen LogP contribution in [0.15, 0.2) is 76.3 Å². The van der Waals surface area contributed by atoms with E-state index in [2.05, 4.69) is 36.7 Å². The number of halogens is 1. The zero-order chi connectivity index (χ0) is 19.5. The lowest BCUT2D eigenvalue weighted by molar-refractivity contribution is 0.0950. The molecule has 0 unspecified atom stereocenters. The summed E-state index contributed by atoms with van der Waals surface area (Å²) in [5.74, 6) is -0.355. The van der Waals surface area contributed by atoms with Gasteiger partial charge in [-0.05, 0) is 41.1 Å². The Bertz CT molecular complexity index is 1200. The third-order valence-electron chi connectivity index (χ3n) is 4.23. The first-order valence-corrected chi connectivity index (χ1v) is 9.26. The molecule has 1 heterocycles. The lowest BCUT2D eigenvalue weighted by Gasteiger charge is -2.00. The van der Waals surface area contributed by atoms with Crippen LogP contribution in [0, 0.1) is 0 Å². The van der Waals surface area contributed by atoms with Gasteiger partial charge in [-0.1, -0.05) is 52.3 Å². The summed E-state index contributed by atoms with van der Waals surface area (Å²) >= 11 is 3.32. The van der Waals surface area contributed by atoms with Crippen LogP contribution in [0.5, 0.6) is 5.75 Å². The van der Waals surface area contributed by atoms with Crippen molar-refractivity contribution in [2.75, 3.05) is 0 Å². The molecule has 6 nitrogen and oxygen atoms in total. The van der Waals surface area contributed by atoms with Crippen molar-refractivity contribution >= 4 is 38.8 Å². The van der Waals surface area contributed by atoms with Gasteiger partial charge in [-0.25, -0.2) is 5.43 Å². The van der Waals surface area contributed by atoms with Gasteiger partial charge in [0.2, 0.25) is 0 Å². The molecule has 0 atom stereocenters. The van der Waals surface area contributed by atoms with Gasteiger partial charge in [-0.15, -0.1) is 0 Å². The number of carbonyl (C=O) groups is 1. The van der Waals surface area contributed by atoms with Crippen LogP contribution in [-0.4, -0.2) is 27.4 Å². The number of aromatic hydroxyl groups is 1. The van der Waals surface area contributed by atoms with Crippen molar-refractivity contribution in [2.45, 2.75) is 0 Å². The van der Waals surface area contributed by atoms with Crippen molar-refractivity contribution in [3.05, 3.63) is 82.5 Å². The van der Waals surface area contributed by atoms with Gasteiger partial charge < -0.3 is 5.11 Å². The molecule has 0 bridgehead atoms. The van der Waals surface area contributed by atoms with Crippen LogP contribution in [0.4, 0.5) is 0 Å². The van der Waals surface area contributed by atoms with Crippen LogP contribution in [0.1, 0.15) is 16.1 Å². The molecule has 0 aliphatic rings. The lowest BCUT2D eigenvalue weighted by atomic mass is 10.1. The minimum Gasteiger partial charge on any atom is -0.507 e. The third-order valence-corrected chi connectivity index (χ3v) is 4.72.